The molecular formula is C25H28N6O5. The highest BCUT2D eigenvalue weighted by Crippen LogP contribution is 2.15. The number of nitrogens with one attached hydrogen (secondary N) is 5. The summed E-state index contributed by atoms with van der Waals surface area (Å²) in [7, 11) is 0. The summed E-state index contributed by atoms with van der Waals surface area (Å²) in [4.78, 5) is 54.0. The molecule has 1 atom stereocenters. The van der Waals surface area contributed by atoms with Crippen molar-refractivity contribution in [3.63, 3.8) is 0 Å². The van der Waals surface area contributed by atoms with Gasteiger partial charge >= 0.3 is 12.0 Å². The molecule has 0 aliphatic carbocycles. The summed E-state index contributed by atoms with van der Waals surface area (Å²) in [6.45, 7) is 3.33. The van der Waals surface area contributed by atoms with Gasteiger partial charge in [0.2, 0.25) is 11.8 Å². The Morgan fingerprint density at radius 3 is 2.42 bits per heavy atom. The molecule has 11 nitrogen and oxygen atoms in total. The van der Waals surface area contributed by atoms with E-state index in [9.17, 15) is 24.3 Å². The molecule has 6 N–H and O–H groups in total. The Balaban J connectivity index is 1.45. The van der Waals surface area contributed by atoms with E-state index in [1.807, 2.05) is 31.2 Å². The SMILES string of the molecule is CC(=O)NC(Cc1ncc(CNC(=O)Cc2ccc(NC(=O)Nc3ccccc3C)cc2)[nH]1)C(=O)O. The van der Waals surface area contributed by atoms with E-state index >= 15 is 0 Å². The number of aromatic amines is 1. The van der Waals surface area contributed by atoms with Crippen LogP contribution in [-0.4, -0.2) is 44.9 Å². The normalized spacial score (nSPS) is 11.3. The zero-order valence-electron chi connectivity index (χ0n) is 19.9. The second kappa shape index (κ2) is 12.2. The van der Waals surface area contributed by atoms with E-state index in [2.05, 4.69) is 31.2 Å². The predicted molar refractivity (Wildman–Crippen MR) is 133 cm³/mol. The molecule has 4 amide bonds. The van der Waals surface area contributed by atoms with Crippen LogP contribution in [0.25, 0.3) is 0 Å². The molecule has 0 spiro atoms. The monoisotopic (exact) mass is 492 g/mol. The fourth-order valence-corrected chi connectivity index (χ4v) is 3.38. The molecule has 0 aliphatic heterocycles. The first-order valence-electron chi connectivity index (χ1n) is 11.2. The Morgan fingerprint density at radius 1 is 1.03 bits per heavy atom. The number of amides is 4. The molecule has 0 radical (unpaired) electrons. The van der Waals surface area contributed by atoms with Crippen LogP contribution in [0.15, 0.2) is 54.7 Å². The number of benzene rings is 2. The van der Waals surface area contributed by atoms with E-state index in [4.69, 9.17) is 0 Å². The second-order valence-electron chi connectivity index (χ2n) is 8.20. The number of carboxylic acid groups (broad SMARTS) is 1. The fraction of sp³-hybridized carbons (Fsp3) is 0.240. The van der Waals surface area contributed by atoms with Crippen molar-refractivity contribution in [2.45, 2.75) is 39.3 Å². The fourth-order valence-electron chi connectivity index (χ4n) is 3.38. The first-order valence-corrected chi connectivity index (χ1v) is 11.2. The molecule has 1 heterocycles. The molecule has 36 heavy (non-hydrogen) atoms. The van der Waals surface area contributed by atoms with Crippen molar-refractivity contribution in [2.24, 2.45) is 0 Å². The first kappa shape index (κ1) is 25.9. The molecule has 0 bridgehead atoms. The average molecular weight is 493 g/mol. The number of aryl methyl sites for hydroxylation is 1. The molecule has 3 rings (SSSR count). The number of para-hydroxylation sites is 1. The highest BCUT2D eigenvalue weighted by Gasteiger charge is 2.20. The lowest BCUT2D eigenvalue weighted by molar-refractivity contribution is -0.141. The van der Waals surface area contributed by atoms with E-state index in [1.54, 1.807) is 24.3 Å². The summed E-state index contributed by atoms with van der Waals surface area (Å²) in [5, 5.41) is 19.9. The number of hydrogen-bond acceptors (Lipinski definition) is 5. The molecule has 3 aromatic rings. The van der Waals surface area contributed by atoms with E-state index in [0.29, 0.717) is 17.2 Å². The number of imidazole rings is 1. The van der Waals surface area contributed by atoms with Crippen LogP contribution in [0.5, 0.6) is 0 Å². The minimum Gasteiger partial charge on any atom is -0.480 e. The van der Waals surface area contributed by atoms with E-state index in [0.717, 1.165) is 16.8 Å². The average Bonchev–Trinajstić information content (AvgIpc) is 3.27. The van der Waals surface area contributed by atoms with Crippen LogP contribution in [0.4, 0.5) is 16.2 Å². The van der Waals surface area contributed by atoms with Crippen molar-refractivity contribution in [1.82, 2.24) is 20.6 Å². The predicted octanol–water partition coefficient (Wildman–Crippen LogP) is 2.35. The molecule has 0 fully saturated rings. The molecule has 1 unspecified atom stereocenters. The summed E-state index contributed by atoms with van der Waals surface area (Å²) in [6, 6.07) is 13.0. The highest BCUT2D eigenvalue weighted by atomic mass is 16.4. The second-order valence-corrected chi connectivity index (χ2v) is 8.20. The summed E-state index contributed by atoms with van der Waals surface area (Å²) in [5.41, 5.74) is 3.64. The van der Waals surface area contributed by atoms with Gasteiger partial charge in [-0.15, -0.1) is 0 Å². The summed E-state index contributed by atoms with van der Waals surface area (Å²) in [6.07, 6.45) is 1.64. The van der Waals surface area contributed by atoms with Gasteiger partial charge in [-0.3, -0.25) is 9.59 Å². The van der Waals surface area contributed by atoms with Gasteiger partial charge in [0.25, 0.3) is 0 Å². The van der Waals surface area contributed by atoms with Crippen molar-refractivity contribution >= 4 is 35.2 Å². The largest absolute Gasteiger partial charge is 0.480 e. The number of aliphatic carboxylic acids is 1. The molecule has 2 aromatic carbocycles. The van der Waals surface area contributed by atoms with Crippen molar-refractivity contribution in [2.75, 3.05) is 10.6 Å². The molecule has 1 aromatic heterocycles. The maximum absolute atomic E-state index is 12.3. The number of urea groups is 1. The number of H-pyrrole nitrogens is 1. The van der Waals surface area contributed by atoms with Crippen LogP contribution in [0.2, 0.25) is 0 Å². The van der Waals surface area contributed by atoms with Crippen LogP contribution >= 0.6 is 0 Å². The van der Waals surface area contributed by atoms with Gasteiger partial charge in [0.1, 0.15) is 11.9 Å². The number of hydrogen-bond donors (Lipinski definition) is 6. The van der Waals surface area contributed by atoms with Gasteiger partial charge in [-0.25, -0.2) is 14.6 Å². The van der Waals surface area contributed by atoms with Gasteiger partial charge < -0.3 is 31.4 Å². The maximum Gasteiger partial charge on any atom is 0.326 e. The minimum absolute atomic E-state index is 0.00772. The quantitative estimate of drug-likeness (QED) is 0.254. The Hall–Kier alpha value is -4.67. The van der Waals surface area contributed by atoms with Crippen LogP contribution < -0.4 is 21.3 Å². The molecule has 0 aliphatic rings. The number of carbonyl (C=O) groups is 4. The van der Waals surface area contributed by atoms with Crippen LogP contribution in [0.3, 0.4) is 0 Å². The van der Waals surface area contributed by atoms with E-state index in [-0.39, 0.29) is 31.3 Å². The number of aromatic nitrogens is 2. The zero-order chi connectivity index (χ0) is 26.1. The standard InChI is InChI=1S/C25H28N6O5/c1-15-5-3-4-6-20(15)31-25(36)30-18-9-7-17(8-10-18)11-23(33)27-14-19-13-26-22(29-19)12-21(24(34)35)28-16(2)32/h3-10,13,21H,11-12,14H2,1-2H3,(H,26,29)(H,27,33)(H,28,32)(H,34,35)(H2,30,31,36). The molecule has 0 saturated heterocycles. The Morgan fingerprint density at radius 2 is 1.75 bits per heavy atom. The van der Waals surface area contributed by atoms with Gasteiger partial charge in [-0.1, -0.05) is 30.3 Å². The molecule has 0 saturated carbocycles. The Bertz CT molecular complexity index is 1240. The Labute approximate surface area is 207 Å². The van der Waals surface area contributed by atoms with Crippen molar-refractivity contribution in [3.8, 4) is 0 Å². The maximum atomic E-state index is 12.3. The Kier molecular flexibility index (Phi) is 8.76. The van der Waals surface area contributed by atoms with Gasteiger partial charge in [-0.2, -0.15) is 0 Å². The number of carbonyl (C=O) groups excluding carboxylic acids is 3. The number of anilines is 2. The zero-order valence-corrected chi connectivity index (χ0v) is 19.9. The van der Waals surface area contributed by atoms with Crippen molar-refractivity contribution < 1.29 is 24.3 Å². The third-order valence-electron chi connectivity index (χ3n) is 5.20. The molecule has 188 valence electrons. The van der Waals surface area contributed by atoms with Crippen LogP contribution in [-0.2, 0) is 33.8 Å². The van der Waals surface area contributed by atoms with Gasteiger partial charge in [0.05, 0.1) is 24.9 Å². The highest BCUT2D eigenvalue weighted by molar-refractivity contribution is 6.00. The van der Waals surface area contributed by atoms with Crippen molar-refractivity contribution in [1.29, 1.82) is 0 Å². The van der Waals surface area contributed by atoms with Crippen molar-refractivity contribution in [3.05, 3.63) is 77.4 Å². The topological polar surface area (TPSA) is 165 Å². The summed E-state index contributed by atoms with van der Waals surface area (Å²) < 4.78 is 0. The lowest BCUT2D eigenvalue weighted by Gasteiger charge is -2.11. The first-order chi connectivity index (χ1) is 17.2. The van der Waals surface area contributed by atoms with Gasteiger partial charge in [0, 0.05) is 24.7 Å². The van der Waals surface area contributed by atoms with Crippen LogP contribution in [0, 0.1) is 6.92 Å². The third-order valence-corrected chi connectivity index (χ3v) is 5.20. The van der Waals surface area contributed by atoms with Gasteiger partial charge in [-0.05, 0) is 36.2 Å². The van der Waals surface area contributed by atoms with Crippen LogP contribution in [0.1, 0.15) is 29.6 Å². The molecule has 11 heteroatoms. The number of nitrogens with zero attached hydrogens (tertiary/aromatic N) is 1. The minimum atomic E-state index is -1.16. The summed E-state index contributed by atoms with van der Waals surface area (Å²) in [5.74, 6) is -1.44. The number of carboxylic acids is 1. The van der Waals surface area contributed by atoms with Gasteiger partial charge in [0.15, 0.2) is 0 Å². The van der Waals surface area contributed by atoms with E-state index < -0.39 is 17.9 Å². The summed E-state index contributed by atoms with van der Waals surface area (Å²) >= 11 is 0. The lowest BCUT2D eigenvalue weighted by Crippen LogP contribution is -2.41. The molecular weight excluding hydrogens is 464 g/mol. The smallest absolute Gasteiger partial charge is 0.326 e. The lowest BCUT2D eigenvalue weighted by atomic mass is 10.1. The third kappa shape index (κ3) is 7.97. The van der Waals surface area contributed by atoms with E-state index in [1.165, 1.54) is 13.1 Å². The number of rotatable bonds is 10.